The first-order chi connectivity index (χ1) is 6.09. The molecule has 0 N–H and O–H groups in total. The summed E-state index contributed by atoms with van der Waals surface area (Å²) in [5.74, 6) is 0.707. The summed E-state index contributed by atoms with van der Waals surface area (Å²) in [5.41, 5.74) is 0.977. The van der Waals surface area contributed by atoms with Gasteiger partial charge >= 0.3 is 0 Å². The predicted molar refractivity (Wildman–Crippen MR) is 55.8 cm³/mol. The summed E-state index contributed by atoms with van der Waals surface area (Å²) >= 11 is 5.75. The molecule has 0 radical (unpaired) electrons. The van der Waals surface area contributed by atoms with Crippen LogP contribution in [0.3, 0.4) is 0 Å². The summed E-state index contributed by atoms with van der Waals surface area (Å²) in [5, 5.41) is 0.640. The molecular formula is C9H12ClN3. The molecule has 0 unspecified atom stereocenters. The molecule has 1 rings (SSSR count). The number of aryl methyl sites for hydroxylation is 1. The van der Waals surface area contributed by atoms with Crippen molar-refractivity contribution >= 4 is 23.8 Å². The Kier molecular flexibility index (Phi) is 3.25. The zero-order valence-corrected chi connectivity index (χ0v) is 8.71. The molecular weight excluding hydrogens is 186 g/mol. The normalized spacial score (nSPS) is 10.8. The van der Waals surface area contributed by atoms with Gasteiger partial charge in [0.15, 0.2) is 5.82 Å². The van der Waals surface area contributed by atoms with Crippen molar-refractivity contribution in [2.24, 2.45) is 4.99 Å². The lowest BCUT2D eigenvalue weighted by molar-refractivity contribution is 0.643. The summed E-state index contributed by atoms with van der Waals surface area (Å²) in [6.07, 6.45) is 3.31. The summed E-state index contributed by atoms with van der Waals surface area (Å²) in [6.45, 7) is 1.93. The third-order valence-corrected chi connectivity index (χ3v) is 1.63. The molecule has 0 spiro atoms. The first kappa shape index (κ1) is 9.99. The van der Waals surface area contributed by atoms with Gasteiger partial charge < -0.3 is 4.90 Å². The second kappa shape index (κ2) is 4.23. The number of hydrogen-bond acceptors (Lipinski definition) is 2. The number of halogens is 1. The maximum Gasteiger partial charge on any atom is 0.156 e. The molecule has 0 atom stereocenters. The van der Waals surface area contributed by atoms with Gasteiger partial charge in [-0.05, 0) is 18.6 Å². The van der Waals surface area contributed by atoms with Gasteiger partial charge in [-0.3, -0.25) is 0 Å². The molecule has 0 amide bonds. The van der Waals surface area contributed by atoms with Gasteiger partial charge in [-0.1, -0.05) is 11.6 Å². The van der Waals surface area contributed by atoms with Crippen molar-refractivity contribution in [1.29, 1.82) is 0 Å². The van der Waals surface area contributed by atoms with Crippen LogP contribution in [-0.2, 0) is 0 Å². The first-order valence-electron chi connectivity index (χ1n) is 3.92. The minimum absolute atomic E-state index is 0.640. The standard InChI is InChI=1S/C9H12ClN3/c1-7-4-8(10)5-11-9(7)12-6-13(2)3/h4-6H,1-3H3. The van der Waals surface area contributed by atoms with E-state index in [4.69, 9.17) is 11.6 Å². The Morgan fingerprint density at radius 1 is 1.54 bits per heavy atom. The van der Waals surface area contributed by atoms with Crippen LogP contribution in [0.15, 0.2) is 17.3 Å². The van der Waals surface area contributed by atoms with Crippen LogP contribution in [0.2, 0.25) is 5.02 Å². The van der Waals surface area contributed by atoms with E-state index in [-0.39, 0.29) is 0 Å². The number of aliphatic imine (C=N–C) groups is 1. The molecule has 13 heavy (non-hydrogen) atoms. The molecule has 1 aromatic heterocycles. The number of rotatable bonds is 2. The van der Waals surface area contributed by atoms with Gasteiger partial charge in [0.1, 0.15) is 0 Å². The first-order valence-corrected chi connectivity index (χ1v) is 4.30. The van der Waals surface area contributed by atoms with E-state index in [1.807, 2.05) is 32.0 Å². The number of hydrogen-bond donors (Lipinski definition) is 0. The molecule has 0 bridgehead atoms. The largest absolute Gasteiger partial charge is 0.369 e. The number of aromatic nitrogens is 1. The van der Waals surface area contributed by atoms with Crippen molar-refractivity contribution < 1.29 is 0 Å². The molecule has 1 aromatic rings. The quantitative estimate of drug-likeness (QED) is 0.538. The monoisotopic (exact) mass is 197 g/mol. The van der Waals surface area contributed by atoms with E-state index in [1.54, 1.807) is 12.5 Å². The molecule has 1 heterocycles. The molecule has 0 aliphatic heterocycles. The zero-order chi connectivity index (χ0) is 9.84. The van der Waals surface area contributed by atoms with Crippen LogP contribution in [0.1, 0.15) is 5.56 Å². The highest BCUT2D eigenvalue weighted by atomic mass is 35.5. The van der Waals surface area contributed by atoms with Gasteiger partial charge in [0, 0.05) is 20.3 Å². The molecule has 70 valence electrons. The molecule has 0 aliphatic carbocycles. The van der Waals surface area contributed by atoms with Crippen LogP contribution < -0.4 is 0 Å². The lowest BCUT2D eigenvalue weighted by Crippen LogP contribution is -2.07. The summed E-state index contributed by atoms with van der Waals surface area (Å²) in [6, 6.07) is 1.84. The Hall–Kier alpha value is -1.09. The smallest absolute Gasteiger partial charge is 0.156 e. The van der Waals surface area contributed by atoms with Gasteiger partial charge in [-0.15, -0.1) is 0 Å². The van der Waals surface area contributed by atoms with E-state index >= 15 is 0 Å². The predicted octanol–water partition coefficient (Wildman–Crippen LogP) is 2.26. The number of nitrogens with zero attached hydrogens (tertiary/aromatic N) is 3. The van der Waals surface area contributed by atoms with Crippen LogP contribution in [0, 0.1) is 6.92 Å². The van der Waals surface area contributed by atoms with Crippen LogP contribution in [-0.4, -0.2) is 30.3 Å². The van der Waals surface area contributed by atoms with Gasteiger partial charge in [0.2, 0.25) is 0 Å². The zero-order valence-electron chi connectivity index (χ0n) is 7.95. The lowest BCUT2D eigenvalue weighted by Gasteiger charge is -2.03. The molecule has 0 saturated carbocycles. The van der Waals surface area contributed by atoms with Crippen molar-refractivity contribution in [3.8, 4) is 0 Å². The van der Waals surface area contributed by atoms with E-state index in [2.05, 4.69) is 9.98 Å². The van der Waals surface area contributed by atoms with Crippen LogP contribution in [0.25, 0.3) is 0 Å². The highest BCUT2D eigenvalue weighted by Crippen LogP contribution is 2.18. The van der Waals surface area contributed by atoms with Crippen molar-refractivity contribution in [2.45, 2.75) is 6.92 Å². The Morgan fingerprint density at radius 3 is 2.77 bits per heavy atom. The Bertz CT molecular complexity index is 321. The van der Waals surface area contributed by atoms with Crippen molar-refractivity contribution in [1.82, 2.24) is 9.88 Å². The lowest BCUT2D eigenvalue weighted by atomic mass is 10.3. The van der Waals surface area contributed by atoms with Gasteiger partial charge in [0.05, 0.1) is 11.4 Å². The highest BCUT2D eigenvalue weighted by Gasteiger charge is 1.97. The number of pyridine rings is 1. The Morgan fingerprint density at radius 2 is 2.23 bits per heavy atom. The third kappa shape index (κ3) is 3.03. The SMILES string of the molecule is Cc1cc(Cl)cnc1N=CN(C)C. The van der Waals surface area contributed by atoms with Gasteiger partial charge in [-0.25, -0.2) is 9.98 Å². The average molecular weight is 198 g/mol. The van der Waals surface area contributed by atoms with Gasteiger partial charge in [-0.2, -0.15) is 0 Å². The van der Waals surface area contributed by atoms with Crippen molar-refractivity contribution in [3.63, 3.8) is 0 Å². The minimum atomic E-state index is 0.640. The fraction of sp³-hybridized carbons (Fsp3) is 0.333. The Balaban J connectivity index is 2.90. The second-order valence-corrected chi connectivity index (χ2v) is 3.44. The van der Waals surface area contributed by atoms with E-state index in [0.29, 0.717) is 10.8 Å². The fourth-order valence-corrected chi connectivity index (χ4v) is 1.05. The van der Waals surface area contributed by atoms with Crippen molar-refractivity contribution in [3.05, 3.63) is 22.8 Å². The molecule has 3 nitrogen and oxygen atoms in total. The van der Waals surface area contributed by atoms with E-state index in [0.717, 1.165) is 5.56 Å². The molecule has 0 saturated heterocycles. The minimum Gasteiger partial charge on any atom is -0.369 e. The molecule has 4 heteroatoms. The van der Waals surface area contributed by atoms with Crippen molar-refractivity contribution in [2.75, 3.05) is 14.1 Å². The summed E-state index contributed by atoms with van der Waals surface area (Å²) in [7, 11) is 3.82. The maximum absolute atomic E-state index is 5.75. The molecule has 0 aliphatic rings. The second-order valence-electron chi connectivity index (χ2n) is 3.00. The van der Waals surface area contributed by atoms with E-state index < -0.39 is 0 Å². The van der Waals surface area contributed by atoms with E-state index in [9.17, 15) is 0 Å². The maximum atomic E-state index is 5.75. The van der Waals surface area contributed by atoms with E-state index in [1.165, 1.54) is 0 Å². The molecule has 0 fully saturated rings. The van der Waals surface area contributed by atoms with Crippen LogP contribution in [0.4, 0.5) is 5.82 Å². The Labute approximate surface area is 83.1 Å². The molecule has 0 aromatic carbocycles. The summed E-state index contributed by atoms with van der Waals surface area (Å²) < 4.78 is 0. The average Bonchev–Trinajstić information content (AvgIpc) is 2.02. The topological polar surface area (TPSA) is 28.5 Å². The summed E-state index contributed by atoms with van der Waals surface area (Å²) in [4.78, 5) is 10.1. The fourth-order valence-electron chi connectivity index (χ4n) is 0.839. The third-order valence-electron chi connectivity index (χ3n) is 1.43. The van der Waals surface area contributed by atoms with Crippen LogP contribution >= 0.6 is 11.6 Å². The van der Waals surface area contributed by atoms with Gasteiger partial charge in [0.25, 0.3) is 0 Å². The van der Waals surface area contributed by atoms with Crippen LogP contribution in [0.5, 0.6) is 0 Å². The highest BCUT2D eigenvalue weighted by molar-refractivity contribution is 6.30.